The van der Waals surface area contributed by atoms with Crippen molar-refractivity contribution in [3.8, 4) is 0 Å². The van der Waals surface area contributed by atoms with E-state index in [-0.39, 0.29) is 5.96 Å². The van der Waals surface area contributed by atoms with Gasteiger partial charge in [0.05, 0.1) is 0 Å². The fourth-order valence-electron chi connectivity index (χ4n) is 1.51. The smallest absolute Gasteiger partial charge is 0.344 e. The summed E-state index contributed by atoms with van der Waals surface area (Å²) in [5.74, 6) is -0.238. The Kier molecular flexibility index (Phi) is 3.88. The monoisotopic (exact) mass is 220 g/mol. The lowest BCUT2D eigenvalue weighted by molar-refractivity contribution is 0.249. The zero-order valence-corrected chi connectivity index (χ0v) is 9.45. The molecular weight excluding hydrogens is 204 g/mol. The maximum atomic E-state index is 11.1. The third-order valence-corrected chi connectivity index (χ3v) is 1.96. The highest BCUT2D eigenvalue weighted by atomic mass is 16.2. The molecule has 0 aliphatic heterocycles. The minimum absolute atomic E-state index is 0.238. The minimum Gasteiger partial charge on any atom is -0.370 e. The molecule has 0 aromatic heterocycles. The van der Waals surface area contributed by atoms with Crippen LogP contribution in [0.2, 0.25) is 0 Å². The van der Waals surface area contributed by atoms with E-state index in [2.05, 4.69) is 16.4 Å². The lowest BCUT2D eigenvalue weighted by Gasteiger charge is -2.05. The number of nitrogens with two attached hydrogens (primary N) is 2. The summed E-state index contributed by atoms with van der Waals surface area (Å²) in [6, 6.07) is 5.55. The minimum atomic E-state index is -0.529. The van der Waals surface area contributed by atoms with Gasteiger partial charge < -0.3 is 16.8 Å². The van der Waals surface area contributed by atoms with Crippen molar-refractivity contribution in [2.45, 2.75) is 20.4 Å². The van der Waals surface area contributed by atoms with Gasteiger partial charge in [-0.05, 0) is 19.4 Å². The molecule has 0 heterocycles. The fourth-order valence-corrected chi connectivity index (χ4v) is 1.51. The van der Waals surface area contributed by atoms with Crippen LogP contribution in [-0.4, -0.2) is 12.0 Å². The molecule has 5 nitrogen and oxygen atoms in total. The first-order valence-corrected chi connectivity index (χ1v) is 4.92. The number of carbonyl (C=O) groups is 1. The summed E-state index contributed by atoms with van der Waals surface area (Å²) in [6.07, 6.45) is 0. The maximum Gasteiger partial charge on any atom is 0.344 e. The number of aryl methyl sites for hydroxylation is 2. The summed E-state index contributed by atoms with van der Waals surface area (Å²) in [5, 5.41) is 2.60. The molecule has 0 aliphatic carbocycles. The largest absolute Gasteiger partial charge is 0.370 e. The van der Waals surface area contributed by atoms with Crippen LogP contribution in [-0.2, 0) is 6.54 Å². The fraction of sp³-hybridized carbons (Fsp3) is 0.273. The normalized spacial score (nSPS) is 9.62. The Balaban J connectivity index is 2.61. The molecular formula is C11H16N4O. The van der Waals surface area contributed by atoms with Gasteiger partial charge in [-0.1, -0.05) is 29.3 Å². The molecule has 1 rings (SSSR count). The number of urea groups is 1. The number of aliphatic imine (C=N–C) groups is 1. The summed E-state index contributed by atoms with van der Waals surface area (Å²) in [4.78, 5) is 14.5. The Morgan fingerprint density at radius 1 is 1.25 bits per heavy atom. The molecule has 0 bridgehead atoms. The molecule has 0 saturated carbocycles. The number of guanidine groups is 1. The molecule has 0 saturated heterocycles. The second-order valence-electron chi connectivity index (χ2n) is 3.69. The van der Waals surface area contributed by atoms with E-state index in [1.54, 1.807) is 0 Å². The third kappa shape index (κ3) is 4.00. The summed E-state index contributed by atoms with van der Waals surface area (Å²) in [5.41, 5.74) is 13.5. The first kappa shape index (κ1) is 12.0. The maximum absolute atomic E-state index is 11.1. The van der Waals surface area contributed by atoms with Crippen LogP contribution in [0.3, 0.4) is 0 Å². The molecule has 86 valence electrons. The van der Waals surface area contributed by atoms with Gasteiger partial charge in [0.1, 0.15) is 0 Å². The van der Waals surface area contributed by atoms with Crippen molar-refractivity contribution in [2.24, 2.45) is 16.5 Å². The molecule has 0 atom stereocenters. The average molecular weight is 220 g/mol. The first-order chi connectivity index (χ1) is 7.47. The molecule has 2 amide bonds. The highest BCUT2D eigenvalue weighted by molar-refractivity contribution is 5.90. The van der Waals surface area contributed by atoms with Gasteiger partial charge in [-0.15, -0.1) is 0 Å². The van der Waals surface area contributed by atoms with E-state index in [1.165, 1.54) is 0 Å². The topological polar surface area (TPSA) is 93.5 Å². The van der Waals surface area contributed by atoms with E-state index in [1.807, 2.05) is 26.0 Å². The van der Waals surface area contributed by atoms with Crippen molar-refractivity contribution in [2.75, 3.05) is 0 Å². The highest BCUT2D eigenvalue weighted by Crippen LogP contribution is 2.08. The Bertz CT molecular complexity index is 402. The van der Waals surface area contributed by atoms with Gasteiger partial charge >= 0.3 is 6.03 Å². The second kappa shape index (κ2) is 5.16. The van der Waals surface area contributed by atoms with Gasteiger partial charge in [0.15, 0.2) is 5.96 Å². The van der Waals surface area contributed by atoms with Crippen molar-refractivity contribution in [1.82, 2.24) is 5.32 Å². The summed E-state index contributed by atoms with van der Waals surface area (Å²) < 4.78 is 0. The first-order valence-electron chi connectivity index (χ1n) is 4.92. The molecule has 0 unspecified atom stereocenters. The van der Waals surface area contributed by atoms with Crippen molar-refractivity contribution < 1.29 is 4.79 Å². The molecule has 16 heavy (non-hydrogen) atoms. The van der Waals surface area contributed by atoms with Crippen molar-refractivity contribution in [3.63, 3.8) is 0 Å². The van der Waals surface area contributed by atoms with E-state index < -0.39 is 6.03 Å². The summed E-state index contributed by atoms with van der Waals surface area (Å²) >= 11 is 0. The van der Waals surface area contributed by atoms with E-state index in [9.17, 15) is 4.79 Å². The van der Waals surface area contributed by atoms with Crippen molar-refractivity contribution in [1.29, 1.82) is 0 Å². The molecule has 0 fully saturated rings. The number of hydrogen-bond donors (Lipinski definition) is 3. The van der Waals surface area contributed by atoms with Crippen LogP contribution >= 0.6 is 0 Å². The van der Waals surface area contributed by atoms with Crippen LogP contribution < -0.4 is 16.8 Å². The van der Waals surface area contributed by atoms with Crippen LogP contribution in [0.25, 0.3) is 0 Å². The van der Waals surface area contributed by atoms with Gasteiger partial charge in [0.2, 0.25) is 0 Å². The van der Waals surface area contributed by atoms with Crippen LogP contribution in [0.1, 0.15) is 16.7 Å². The summed E-state index contributed by atoms with van der Waals surface area (Å²) in [6.45, 7) is 4.43. The van der Waals surface area contributed by atoms with Gasteiger partial charge in [-0.2, -0.15) is 4.99 Å². The summed E-state index contributed by atoms with van der Waals surface area (Å²) in [7, 11) is 0. The number of rotatable bonds is 2. The highest BCUT2D eigenvalue weighted by Gasteiger charge is 2.00. The molecule has 5 heteroatoms. The lowest BCUT2D eigenvalue weighted by Crippen LogP contribution is -2.28. The molecule has 1 aromatic rings. The Morgan fingerprint density at radius 3 is 2.31 bits per heavy atom. The Morgan fingerprint density at radius 2 is 1.81 bits per heavy atom. The molecule has 5 N–H and O–H groups in total. The number of carbonyl (C=O) groups excluding carboxylic acids is 1. The molecule has 0 radical (unpaired) electrons. The zero-order valence-electron chi connectivity index (χ0n) is 9.45. The van der Waals surface area contributed by atoms with E-state index >= 15 is 0 Å². The number of benzene rings is 1. The van der Waals surface area contributed by atoms with Crippen molar-refractivity contribution in [3.05, 3.63) is 34.9 Å². The molecule has 1 aromatic carbocycles. The van der Waals surface area contributed by atoms with Crippen LogP contribution in [0.5, 0.6) is 0 Å². The quantitative estimate of drug-likeness (QED) is 0.508. The predicted molar refractivity (Wildman–Crippen MR) is 64.0 cm³/mol. The predicted octanol–water partition coefficient (Wildman–Crippen LogP) is 0.786. The lowest BCUT2D eigenvalue weighted by atomic mass is 10.1. The van der Waals surface area contributed by atoms with Gasteiger partial charge in [-0.3, -0.25) is 0 Å². The van der Waals surface area contributed by atoms with E-state index in [4.69, 9.17) is 11.5 Å². The molecule has 0 spiro atoms. The Hall–Kier alpha value is -2.04. The molecule has 0 aliphatic rings. The number of hydrogen-bond acceptors (Lipinski definition) is 1. The Labute approximate surface area is 94.5 Å². The SMILES string of the molecule is Cc1cc(C)cc(CNC(=O)N=C(N)N)c1. The number of nitrogens with one attached hydrogen (secondary N) is 1. The van der Waals surface area contributed by atoms with E-state index in [0.29, 0.717) is 6.54 Å². The van der Waals surface area contributed by atoms with Gasteiger partial charge in [0.25, 0.3) is 0 Å². The van der Waals surface area contributed by atoms with Gasteiger partial charge in [0, 0.05) is 6.54 Å². The third-order valence-electron chi connectivity index (χ3n) is 1.96. The standard InChI is InChI=1S/C11H16N4O/c1-7-3-8(2)5-9(4-7)6-14-11(16)15-10(12)13/h3-5H,6H2,1-2H3,(H5,12,13,14,15,16). The van der Waals surface area contributed by atoms with Crippen LogP contribution in [0, 0.1) is 13.8 Å². The van der Waals surface area contributed by atoms with Crippen molar-refractivity contribution >= 4 is 12.0 Å². The average Bonchev–Trinajstić information content (AvgIpc) is 2.12. The zero-order chi connectivity index (χ0) is 12.1. The van der Waals surface area contributed by atoms with E-state index in [0.717, 1.165) is 16.7 Å². The van der Waals surface area contributed by atoms with Crippen LogP contribution in [0.4, 0.5) is 4.79 Å². The number of nitrogens with zero attached hydrogens (tertiary/aromatic N) is 1. The number of amides is 2. The van der Waals surface area contributed by atoms with Gasteiger partial charge in [-0.25, -0.2) is 4.79 Å². The second-order valence-corrected chi connectivity index (χ2v) is 3.69. The van der Waals surface area contributed by atoms with Crippen LogP contribution in [0.15, 0.2) is 23.2 Å².